The van der Waals surface area contributed by atoms with E-state index in [1.807, 2.05) is 4.90 Å². The van der Waals surface area contributed by atoms with Gasteiger partial charge in [-0.25, -0.2) is 15.0 Å². The minimum atomic E-state index is -4.49. The molecule has 1 saturated heterocycles. The largest absolute Gasteiger partial charge is 0.481 e. The van der Waals surface area contributed by atoms with Gasteiger partial charge in [0, 0.05) is 36.6 Å². The molecule has 4 rings (SSSR count). The monoisotopic (exact) mass is 617 g/mol. The van der Waals surface area contributed by atoms with Crippen LogP contribution in [0.15, 0.2) is 30.6 Å². The first-order chi connectivity index (χ1) is 20.3. The zero-order valence-corrected chi connectivity index (χ0v) is 25.8. The highest BCUT2D eigenvalue weighted by Crippen LogP contribution is 2.36. The molecule has 3 heterocycles. The third-order valence-electron chi connectivity index (χ3n) is 7.35. The third-order valence-corrected chi connectivity index (χ3v) is 8.39. The Hall–Kier alpha value is -3.38. The zero-order chi connectivity index (χ0) is 31.3. The molecule has 12 heteroatoms. The molecular weight excluding hydrogens is 579 g/mol. The van der Waals surface area contributed by atoms with Crippen LogP contribution in [0.4, 0.5) is 19.0 Å². The minimum absolute atomic E-state index is 0.0500. The molecule has 0 radical (unpaired) electrons. The van der Waals surface area contributed by atoms with Crippen molar-refractivity contribution in [2.24, 2.45) is 11.8 Å². The molecule has 1 fully saturated rings. The van der Waals surface area contributed by atoms with E-state index in [-0.39, 0.29) is 23.8 Å². The lowest BCUT2D eigenvalue weighted by atomic mass is 9.97. The number of alkyl halides is 3. The summed E-state index contributed by atoms with van der Waals surface area (Å²) in [6.07, 6.45) is 0.367. The highest BCUT2D eigenvalue weighted by Gasteiger charge is 2.32. The predicted molar refractivity (Wildman–Crippen MR) is 160 cm³/mol. The summed E-state index contributed by atoms with van der Waals surface area (Å²) in [5, 5.41) is 9.73. The molecule has 0 amide bonds. The average Bonchev–Trinajstić information content (AvgIpc) is 3.34. The van der Waals surface area contributed by atoms with E-state index in [0.717, 1.165) is 36.5 Å². The average molecular weight is 618 g/mol. The summed E-state index contributed by atoms with van der Waals surface area (Å²) in [6, 6.07) is 3.96. The Kier molecular flexibility index (Phi) is 10.5. The Bertz CT molecular complexity index is 1420. The standard InChI is InChI=1S/C31H38F3N5O3S/c1-5-8-38(17-19(2)3)18-26-29(22-11-20(4)12-23(13-22)31(32,33)34)37-28(43-26)14-25(40)24-15-36-27(16-35-24)39-9-6-21(7-10-39)30(41)42/h11-13,15-16,19,21H,5-10,14,17-18H2,1-4H3,(H,41,42). The maximum Gasteiger partial charge on any atom is 0.416 e. The first kappa shape index (κ1) is 32.5. The molecule has 3 aromatic rings. The number of nitrogens with zero attached hydrogens (tertiary/aromatic N) is 5. The zero-order valence-electron chi connectivity index (χ0n) is 24.9. The lowest BCUT2D eigenvalue weighted by Gasteiger charge is -2.30. The number of aliphatic carboxylic acids is 1. The molecule has 232 valence electrons. The number of Topliss-reactive ketones (excluding diaryl/α,β-unsaturated/α-hetero) is 1. The second-order valence-electron chi connectivity index (χ2n) is 11.6. The van der Waals surface area contributed by atoms with E-state index in [1.54, 1.807) is 13.0 Å². The Morgan fingerprint density at radius 1 is 1.14 bits per heavy atom. The lowest BCUT2D eigenvalue weighted by Crippen LogP contribution is -2.36. The number of hydrogen-bond acceptors (Lipinski definition) is 8. The number of hydrogen-bond donors (Lipinski definition) is 1. The number of carboxylic acids is 1. The van der Waals surface area contributed by atoms with Crippen LogP contribution in [-0.2, 0) is 23.9 Å². The number of benzene rings is 1. The number of rotatable bonds is 12. The van der Waals surface area contributed by atoms with Crippen LogP contribution in [0.2, 0.25) is 0 Å². The van der Waals surface area contributed by atoms with Crippen molar-refractivity contribution in [2.75, 3.05) is 31.1 Å². The molecule has 0 spiro atoms. The van der Waals surface area contributed by atoms with Crippen LogP contribution < -0.4 is 4.90 Å². The van der Waals surface area contributed by atoms with Crippen molar-refractivity contribution in [3.05, 3.63) is 57.3 Å². The van der Waals surface area contributed by atoms with Crippen molar-refractivity contribution >= 4 is 28.9 Å². The topological polar surface area (TPSA) is 99.5 Å². The molecule has 0 aliphatic carbocycles. The molecule has 0 atom stereocenters. The van der Waals surface area contributed by atoms with Gasteiger partial charge >= 0.3 is 12.1 Å². The van der Waals surface area contributed by atoms with Gasteiger partial charge in [-0.05, 0) is 62.4 Å². The summed E-state index contributed by atoms with van der Waals surface area (Å²) in [5.41, 5.74) is 0.780. The summed E-state index contributed by atoms with van der Waals surface area (Å²) in [4.78, 5) is 42.9. The maximum atomic E-state index is 13.7. The van der Waals surface area contributed by atoms with Gasteiger partial charge in [0.25, 0.3) is 0 Å². The molecule has 2 aromatic heterocycles. The number of anilines is 1. The smallest absolute Gasteiger partial charge is 0.416 e. The number of aryl methyl sites for hydroxylation is 1. The molecule has 0 saturated carbocycles. The first-order valence-corrected chi connectivity index (χ1v) is 15.4. The van der Waals surface area contributed by atoms with Gasteiger partial charge in [0.1, 0.15) is 16.5 Å². The second kappa shape index (κ2) is 13.9. The van der Waals surface area contributed by atoms with E-state index in [0.29, 0.717) is 66.0 Å². The highest BCUT2D eigenvalue weighted by molar-refractivity contribution is 7.12. The molecule has 1 N–H and O–H groups in total. The summed E-state index contributed by atoms with van der Waals surface area (Å²) in [5.74, 6) is -0.452. The number of thiazole rings is 1. The number of carbonyl (C=O) groups is 2. The van der Waals surface area contributed by atoms with Crippen LogP contribution in [0.5, 0.6) is 0 Å². The fourth-order valence-electron chi connectivity index (χ4n) is 5.37. The molecule has 1 aromatic carbocycles. The van der Waals surface area contributed by atoms with E-state index in [4.69, 9.17) is 4.98 Å². The van der Waals surface area contributed by atoms with Gasteiger partial charge in [0.15, 0.2) is 5.78 Å². The molecule has 43 heavy (non-hydrogen) atoms. The number of ketones is 1. The molecule has 0 unspecified atom stereocenters. The summed E-state index contributed by atoms with van der Waals surface area (Å²) < 4.78 is 41.0. The van der Waals surface area contributed by atoms with Crippen LogP contribution in [0.3, 0.4) is 0 Å². The number of halogens is 3. The maximum absolute atomic E-state index is 13.7. The van der Waals surface area contributed by atoms with Gasteiger partial charge in [0.05, 0.1) is 36.0 Å². The minimum Gasteiger partial charge on any atom is -0.481 e. The van der Waals surface area contributed by atoms with Crippen LogP contribution >= 0.6 is 11.3 Å². The van der Waals surface area contributed by atoms with E-state index in [2.05, 4.69) is 35.6 Å². The number of piperidine rings is 1. The molecule has 0 bridgehead atoms. The Labute approximate surface area is 254 Å². The summed E-state index contributed by atoms with van der Waals surface area (Å²) in [7, 11) is 0. The SMILES string of the molecule is CCCN(Cc1sc(CC(=O)c2cnc(N3CCC(C(=O)O)CC3)cn2)nc1-c1cc(C)cc(C(F)(F)F)c1)CC(C)C. The fraction of sp³-hybridized carbons (Fsp3) is 0.516. The van der Waals surface area contributed by atoms with Crippen molar-refractivity contribution < 1.29 is 27.9 Å². The van der Waals surface area contributed by atoms with Crippen molar-refractivity contribution in [3.63, 3.8) is 0 Å². The lowest BCUT2D eigenvalue weighted by molar-refractivity contribution is -0.142. The van der Waals surface area contributed by atoms with E-state index in [1.165, 1.54) is 23.7 Å². The van der Waals surface area contributed by atoms with Crippen molar-refractivity contribution in [3.8, 4) is 11.3 Å². The number of carboxylic acid groups (broad SMARTS) is 1. The van der Waals surface area contributed by atoms with Crippen LogP contribution in [0, 0.1) is 18.8 Å². The van der Waals surface area contributed by atoms with Gasteiger partial charge in [-0.3, -0.25) is 14.5 Å². The first-order valence-electron chi connectivity index (χ1n) is 14.6. The van der Waals surface area contributed by atoms with Crippen molar-refractivity contribution in [2.45, 2.75) is 66.1 Å². The van der Waals surface area contributed by atoms with Gasteiger partial charge in [-0.1, -0.05) is 20.8 Å². The van der Waals surface area contributed by atoms with Gasteiger partial charge < -0.3 is 10.0 Å². The summed E-state index contributed by atoms with van der Waals surface area (Å²) >= 11 is 1.35. The molecular formula is C31H38F3N5O3S. The molecule has 8 nitrogen and oxygen atoms in total. The van der Waals surface area contributed by atoms with Gasteiger partial charge in [-0.2, -0.15) is 13.2 Å². The number of carbonyl (C=O) groups excluding carboxylic acids is 1. The fourth-order valence-corrected chi connectivity index (χ4v) is 6.51. The van der Waals surface area contributed by atoms with E-state index in [9.17, 15) is 27.9 Å². The van der Waals surface area contributed by atoms with E-state index >= 15 is 0 Å². The normalized spacial score (nSPS) is 14.6. The van der Waals surface area contributed by atoms with Crippen molar-refractivity contribution in [1.82, 2.24) is 19.9 Å². The van der Waals surface area contributed by atoms with Crippen LogP contribution in [0.1, 0.15) is 71.5 Å². The molecule has 1 aliphatic heterocycles. The third kappa shape index (κ3) is 8.60. The van der Waals surface area contributed by atoms with E-state index < -0.39 is 17.7 Å². The Morgan fingerprint density at radius 3 is 2.44 bits per heavy atom. The predicted octanol–water partition coefficient (Wildman–Crippen LogP) is 6.52. The Balaban J connectivity index is 1.58. The quantitative estimate of drug-likeness (QED) is 0.229. The highest BCUT2D eigenvalue weighted by atomic mass is 32.1. The van der Waals surface area contributed by atoms with Crippen LogP contribution in [0.25, 0.3) is 11.3 Å². The second-order valence-corrected chi connectivity index (χ2v) is 12.7. The molecule has 1 aliphatic rings. The van der Waals surface area contributed by atoms with Gasteiger partial charge in [-0.15, -0.1) is 11.3 Å². The number of aromatic nitrogens is 3. The van der Waals surface area contributed by atoms with Gasteiger partial charge in [0.2, 0.25) is 0 Å². The summed E-state index contributed by atoms with van der Waals surface area (Å²) in [6.45, 7) is 11.3. The van der Waals surface area contributed by atoms with Crippen LogP contribution in [-0.4, -0.2) is 62.9 Å². The Morgan fingerprint density at radius 2 is 1.86 bits per heavy atom. The van der Waals surface area contributed by atoms with Crippen molar-refractivity contribution in [1.29, 1.82) is 0 Å².